The van der Waals surface area contributed by atoms with Crippen molar-refractivity contribution in [2.45, 2.75) is 37.2 Å². The summed E-state index contributed by atoms with van der Waals surface area (Å²) in [6, 6.07) is 0. The Hall–Kier alpha value is -0.740. The van der Waals surface area contributed by atoms with Crippen molar-refractivity contribution >= 4 is 0 Å². The molecule has 0 aliphatic rings. The first-order valence-electron chi connectivity index (χ1n) is 4.12. The van der Waals surface area contributed by atoms with Crippen LogP contribution >= 0.6 is 0 Å². The Morgan fingerprint density at radius 1 is 0.833 bits per heavy atom. The lowest BCUT2D eigenvalue weighted by Gasteiger charge is -2.39. The fourth-order valence-corrected chi connectivity index (χ4v) is 0.994. The van der Waals surface area contributed by atoms with E-state index in [0.29, 0.717) is 0 Å². The van der Waals surface area contributed by atoms with Crippen molar-refractivity contribution in [3.8, 4) is 0 Å². The Morgan fingerprint density at radius 2 is 1.17 bits per heavy atom. The molecule has 1 N–H and O–H groups in total. The molecular weight excluding hydrogens is 290 g/mol. The standard InChI is InChI=1S/C7H6F10O/c1-2(6(12,13)14)5(10,11)4(18,3(8)9)7(15,16)17/h2-3,18H,1H3. The molecule has 0 radical (unpaired) electrons. The second kappa shape index (κ2) is 4.42. The lowest BCUT2D eigenvalue weighted by Crippen LogP contribution is -2.67. The first-order chi connectivity index (χ1) is 7.60. The molecule has 11 heteroatoms. The van der Waals surface area contributed by atoms with Gasteiger partial charge in [0, 0.05) is 0 Å². The van der Waals surface area contributed by atoms with E-state index in [1.54, 1.807) is 0 Å². The summed E-state index contributed by atoms with van der Waals surface area (Å²) in [5.74, 6) is -10.2. The Balaban J connectivity index is 5.80. The van der Waals surface area contributed by atoms with Crippen molar-refractivity contribution in [1.29, 1.82) is 0 Å². The first kappa shape index (κ1) is 17.3. The second-order valence-corrected chi connectivity index (χ2v) is 3.45. The molecule has 0 aliphatic carbocycles. The van der Waals surface area contributed by atoms with Gasteiger partial charge in [-0.25, -0.2) is 17.6 Å². The van der Waals surface area contributed by atoms with Gasteiger partial charge in [0.2, 0.25) is 0 Å². The van der Waals surface area contributed by atoms with E-state index in [1.165, 1.54) is 0 Å². The van der Waals surface area contributed by atoms with E-state index in [1.807, 2.05) is 0 Å². The van der Waals surface area contributed by atoms with Gasteiger partial charge in [-0.1, -0.05) is 0 Å². The minimum Gasteiger partial charge on any atom is -0.372 e. The molecule has 2 unspecified atom stereocenters. The molecule has 0 aromatic heterocycles. The van der Waals surface area contributed by atoms with E-state index >= 15 is 0 Å². The Morgan fingerprint density at radius 3 is 1.33 bits per heavy atom. The molecule has 0 aromatic rings. The van der Waals surface area contributed by atoms with Crippen molar-refractivity contribution in [1.82, 2.24) is 0 Å². The Labute approximate surface area is 93.4 Å². The summed E-state index contributed by atoms with van der Waals surface area (Å²) in [4.78, 5) is 0. The monoisotopic (exact) mass is 296 g/mol. The minimum absolute atomic E-state index is 0.431. The summed E-state index contributed by atoms with van der Waals surface area (Å²) in [6.45, 7) is -0.431. The first-order valence-corrected chi connectivity index (χ1v) is 4.12. The minimum atomic E-state index is -6.63. The molecular formula is C7H6F10O. The largest absolute Gasteiger partial charge is 0.429 e. The molecule has 0 aliphatic heterocycles. The van der Waals surface area contributed by atoms with Gasteiger partial charge in [-0.05, 0) is 6.92 Å². The molecule has 0 amide bonds. The second-order valence-electron chi connectivity index (χ2n) is 3.45. The van der Waals surface area contributed by atoms with Gasteiger partial charge in [0.05, 0.1) is 0 Å². The number of hydrogen-bond acceptors (Lipinski definition) is 1. The topological polar surface area (TPSA) is 20.2 Å². The zero-order chi connectivity index (χ0) is 15.2. The molecule has 0 aromatic carbocycles. The smallest absolute Gasteiger partial charge is 0.372 e. The van der Waals surface area contributed by atoms with Crippen LogP contribution in [0.1, 0.15) is 6.92 Å². The third-order valence-corrected chi connectivity index (χ3v) is 2.29. The number of rotatable bonds is 3. The van der Waals surface area contributed by atoms with Crippen LogP contribution in [-0.2, 0) is 0 Å². The average molecular weight is 296 g/mol. The van der Waals surface area contributed by atoms with Crippen molar-refractivity contribution < 1.29 is 49.0 Å². The maximum Gasteiger partial charge on any atom is 0.429 e. The van der Waals surface area contributed by atoms with Gasteiger partial charge in [0.15, 0.2) is 0 Å². The Bertz CT molecular complexity index is 292. The van der Waals surface area contributed by atoms with Gasteiger partial charge < -0.3 is 5.11 Å². The van der Waals surface area contributed by atoms with Gasteiger partial charge in [-0.2, -0.15) is 26.3 Å². The van der Waals surface area contributed by atoms with Crippen molar-refractivity contribution in [2.24, 2.45) is 5.92 Å². The van der Waals surface area contributed by atoms with E-state index in [-0.39, 0.29) is 0 Å². The third kappa shape index (κ3) is 2.50. The van der Waals surface area contributed by atoms with Crippen LogP contribution in [0.5, 0.6) is 0 Å². The van der Waals surface area contributed by atoms with E-state index < -0.39 is 43.1 Å². The SMILES string of the molecule is CC(C(F)(F)F)C(F)(F)C(O)(C(F)F)C(F)(F)F. The molecule has 110 valence electrons. The molecule has 1 nitrogen and oxygen atoms in total. The van der Waals surface area contributed by atoms with Crippen molar-refractivity contribution in [3.63, 3.8) is 0 Å². The molecule has 0 saturated carbocycles. The highest BCUT2D eigenvalue weighted by molar-refractivity contribution is 5.04. The highest BCUT2D eigenvalue weighted by Crippen LogP contribution is 2.52. The molecule has 0 fully saturated rings. The molecule has 0 heterocycles. The van der Waals surface area contributed by atoms with Crippen molar-refractivity contribution in [2.75, 3.05) is 0 Å². The number of hydrogen-bond donors (Lipinski definition) is 1. The predicted octanol–water partition coefficient (Wildman–Crippen LogP) is 3.38. The molecule has 0 saturated heterocycles. The molecule has 18 heavy (non-hydrogen) atoms. The van der Waals surface area contributed by atoms with Crippen LogP contribution in [0.4, 0.5) is 43.9 Å². The highest BCUT2D eigenvalue weighted by atomic mass is 19.4. The molecule has 2 atom stereocenters. The molecule has 0 spiro atoms. The lowest BCUT2D eigenvalue weighted by molar-refractivity contribution is -0.391. The van der Waals surface area contributed by atoms with Crippen LogP contribution in [0.15, 0.2) is 0 Å². The third-order valence-electron chi connectivity index (χ3n) is 2.29. The van der Waals surface area contributed by atoms with E-state index in [9.17, 15) is 43.9 Å². The maximum atomic E-state index is 12.9. The summed E-state index contributed by atoms with van der Waals surface area (Å²) in [5.41, 5.74) is -6.07. The lowest BCUT2D eigenvalue weighted by atomic mass is 9.85. The zero-order valence-electron chi connectivity index (χ0n) is 8.38. The van der Waals surface area contributed by atoms with E-state index in [0.717, 1.165) is 0 Å². The van der Waals surface area contributed by atoms with Crippen LogP contribution in [0, 0.1) is 5.92 Å². The molecule has 0 bridgehead atoms. The highest BCUT2D eigenvalue weighted by Gasteiger charge is 2.78. The van der Waals surface area contributed by atoms with E-state index in [4.69, 9.17) is 5.11 Å². The number of halogens is 10. The van der Waals surface area contributed by atoms with Crippen LogP contribution in [0.2, 0.25) is 0 Å². The van der Waals surface area contributed by atoms with Gasteiger partial charge in [-0.3, -0.25) is 0 Å². The summed E-state index contributed by atoms with van der Waals surface area (Å²) < 4.78 is 122. The van der Waals surface area contributed by atoms with Crippen molar-refractivity contribution in [3.05, 3.63) is 0 Å². The summed E-state index contributed by atoms with van der Waals surface area (Å²) in [5, 5.41) is 8.36. The summed E-state index contributed by atoms with van der Waals surface area (Å²) >= 11 is 0. The fourth-order valence-electron chi connectivity index (χ4n) is 0.994. The Kier molecular flexibility index (Phi) is 4.24. The number of alkyl halides is 10. The number of aliphatic hydroxyl groups is 1. The van der Waals surface area contributed by atoms with Gasteiger partial charge in [0.25, 0.3) is 12.0 Å². The molecule has 0 rings (SSSR count). The predicted molar refractivity (Wildman–Crippen MR) is 37.2 cm³/mol. The average Bonchev–Trinajstić information content (AvgIpc) is 2.11. The zero-order valence-corrected chi connectivity index (χ0v) is 8.38. The fraction of sp³-hybridized carbons (Fsp3) is 1.00. The van der Waals surface area contributed by atoms with E-state index in [2.05, 4.69) is 0 Å². The van der Waals surface area contributed by atoms with Gasteiger partial charge in [0.1, 0.15) is 5.92 Å². The van der Waals surface area contributed by atoms with Crippen LogP contribution in [0.3, 0.4) is 0 Å². The van der Waals surface area contributed by atoms with Crippen LogP contribution in [-0.4, -0.2) is 35.4 Å². The van der Waals surface area contributed by atoms with Crippen LogP contribution < -0.4 is 0 Å². The summed E-state index contributed by atoms with van der Waals surface area (Å²) in [7, 11) is 0. The quantitative estimate of drug-likeness (QED) is 0.792. The van der Waals surface area contributed by atoms with Gasteiger partial charge >= 0.3 is 18.3 Å². The van der Waals surface area contributed by atoms with Gasteiger partial charge in [-0.15, -0.1) is 0 Å². The normalized spacial score (nSPS) is 19.8. The summed E-state index contributed by atoms with van der Waals surface area (Å²) in [6.07, 6.45) is -17.7. The van der Waals surface area contributed by atoms with Crippen LogP contribution in [0.25, 0.3) is 0 Å². The maximum absolute atomic E-state index is 12.9.